The van der Waals surface area contributed by atoms with Gasteiger partial charge in [0.05, 0.1) is 11.1 Å². The minimum Gasteiger partial charge on any atom is -0.352 e. The molecule has 2 aliphatic rings. The van der Waals surface area contributed by atoms with Gasteiger partial charge in [-0.1, -0.05) is 18.2 Å². The van der Waals surface area contributed by atoms with Crippen molar-refractivity contribution in [2.45, 2.75) is 18.8 Å². The van der Waals surface area contributed by atoms with Crippen LogP contribution in [-0.4, -0.2) is 56.7 Å². The van der Waals surface area contributed by atoms with Gasteiger partial charge in [0.25, 0.3) is 11.5 Å². The Bertz CT molecular complexity index is 1150. The van der Waals surface area contributed by atoms with Crippen LogP contribution in [0.25, 0.3) is 10.8 Å². The lowest BCUT2D eigenvalue weighted by atomic mass is 10.1. The molecule has 2 fully saturated rings. The van der Waals surface area contributed by atoms with Crippen LogP contribution in [0.3, 0.4) is 0 Å². The number of carbonyl (C=O) groups excluding carboxylic acids is 1. The second kappa shape index (κ2) is 6.95. The number of hydrogen-bond acceptors (Lipinski definition) is 6. The smallest absolute Gasteiger partial charge is 0.275 e. The molecule has 8 nitrogen and oxygen atoms in total. The molecule has 8 heteroatoms. The Morgan fingerprint density at radius 1 is 1.00 bits per heavy atom. The fourth-order valence-corrected chi connectivity index (χ4v) is 3.96. The first kappa shape index (κ1) is 17.8. The Kier molecular flexibility index (Phi) is 4.26. The summed E-state index contributed by atoms with van der Waals surface area (Å²) in [6, 6.07) is 7.15. The molecule has 1 amide bonds. The van der Waals surface area contributed by atoms with Gasteiger partial charge in [0.1, 0.15) is 0 Å². The lowest BCUT2D eigenvalue weighted by molar-refractivity contribution is 0.0740. The number of piperazine rings is 1. The Balaban J connectivity index is 1.38. The molecule has 148 valence electrons. The lowest BCUT2D eigenvalue weighted by Crippen LogP contribution is -2.49. The van der Waals surface area contributed by atoms with E-state index in [1.165, 1.54) is 17.5 Å². The quantitative estimate of drug-likeness (QED) is 0.675. The third kappa shape index (κ3) is 3.14. The maximum Gasteiger partial charge on any atom is 0.275 e. The molecular formula is C21H22N6O2. The number of anilines is 1. The van der Waals surface area contributed by atoms with E-state index in [0.29, 0.717) is 48.6 Å². The van der Waals surface area contributed by atoms with Crippen molar-refractivity contribution in [2.75, 3.05) is 31.1 Å². The van der Waals surface area contributed by atoms with Crippen molar-refractivity contribution in [2.24, 2.45) is 7.05 Å². The number of hydrogen-bond donors (Lipinski definition) is 0. The summed E-state index contributed by atoms with van der Waals surface area (Å²) in [6.45, 7) is 2.57. The molecule has 1 saturated heterocycles. The molecule has 0 N–H and O–H groups in total. The Morgan fingerprint density at radius 3 is 2.41 bits per heavy atom. The van der Waals surface area contributed by atoms with Gasteiger partial charge >= 0.3 is 0 Å². The van der Waals surface area contributed by atoms with E-state index < -0.39 is 0 Å². The lowest BCUT2D eigenvalue weighted by Gasteiger charge is -2.36. The highest BCUT2D eigenvalue weighted by atomic mass is 16.2. The number of carbonyl (C=O) groups is 1. The van der Waals surface area contributed by atoms with Crippen LogP contribution in [0.15, 0.2) is 41.5 Å². The Morgan fingerprint density at radius 2 is 1.69 bits per heavy atom. The molecule has 0 atom stereocenters. The molecule has 29 heavy (non-hydrogen) atoms. The summed E-state index contributed by atoms with van der Waals surface area (Å²) in [4.78, 5) is 38.7. The van der Waals surface area contributed by atoms with Crippen LogP contribution in [0.5, 0.6) is 0 Å². The second-order valence-electron chi connectivity index (χ2n) is 7.64. The number of aromatic nitrogens is 4. The van der Waals surface area contributed by atoms with Gasteiger partial charge in [0.15, 0.2) is 11.5 Å². The van der Waals surface area contributed by atoms with Gasteiger partial charge in [0.2, 0.25) is 0 Å². The monoisotopic (exact) mass is 390 g/mol. The van der Waals surface area contributed by atoms with Crippen molar-refractivity contribution in [1.82, 2.24) is 24.6 Å². The summed E-state index contributed by atoms with van der Waals surface area (Å²) >= 11 is 0. The minimum atomic E-state index is -0.197. The summed E-state index contributed by atoms with van der Waals surface area (Å²) in [7, 11) is 1.58. The Hall–Kier alpha value is -3.29. The molecule has 3 heterocycles. The molecule has 0 radical (unpaired) electrons. The fourth-order valence-electron chi connectivity index (χ4n) is 3.96. The van der Waals surface area contributed by atoms with E-state index in [4.69, 9.17) is 0 Å². The molecule has 2 aromatic heterocycles. The molecule has 1 aliphatic heterocycles. The number of fused-ring (bicyclic) bond motifs is 1. The van der Waals surface area contributed by atoms with Crippen LogP contribution in [0.1, 0.15) is 34.9 Å². The molecule has 0 spiro atoms. The maximum absolute atomic E-state index is 13.2. The highest BCUT2D eigenvalue weighted by Crippen LogP contribution is 2.42. The van der Waals surface area contributed by atoms with Crippen LogP contribution >= 0.6 is 0 Å². The van der Waals surface area contributed by atoms with Crippen LogP contribution in [0.2, 0.25) is 0 Å². The predicted octanol–water partition coefficient (Wildman–Crippen LogP) is 1.56. The SMILES string of the molecule is Cn1nc(C(=O)N2CCN(c3nccnc3C3CC3)CC2)c2ccccc2c1=O. The maximum atomic E-state index is 13.2. The van der Waals surface area contributed by atoms with Gasteiger partial charge < -0.3 is 9.80 Å². The number of aryl methyl sites for hydroxylation is 1. The third-order valence-electron chi connectivity index (χ3n) is 5.70. The van der Waals surface area contributed by atoms with Crippen molar-refractivity contribution in [1.29, 1.82) is 0 Å². The van der Waals surface area contributed by atoms with E-state index in [1.54, 1.807) is 37.6 Å². The Labute approximate surface area is 167 Å². The van der Waals surface area contributed by atoms with Gasteiger partial charge in [-0.25, -0.2) is 9.67 Å². The standard InChI is InChI=1S/C21H22N6O2/c1-25-20(28)16-5-3-2-4-15(16)18(24-25)21(29)27-12-10-26(11-13-27)19-17(14-6-7-14)22-8-9-23-19/h2-5,8-9,14H,6-7,10-13H2,1H3. The van der Waals surface area contributed by atoms with E-state index in [1.807, 2.05) is 11.0 Å². The highest BCUT2D eigenvalue weighted by molar-refractivity contribution is 6.04. The zero-order chi connectivity index (χ0) is 20.0. The number of benzene rings is 1. The molecule has 1 aliphatic carbocycles. The summed E-state index contributed by atoms with van der Waals surface area (Å²) in [5.41, 5.74) is 1.21. The zero-order valence-electron chi connectivity index (χ0n) is 16.3. The molecule has 0 unspecified atom stereocenters. The normalized spacial score (nSPS) is 17.0. The van der Waals surface area contributed by atoms with Crippen molar-refractivity contribution in [3.8, 4) is 0 Å². The molecule has 3 aromatic rings. The second-order valence-corrected chi connectivity index (χ2v) is 7.64. The van der Waals surface area contributed by atoms with Gasteiger partial charge in [-0.05, 0) is 18.9 Å². The number of nitrogens with zero attached hydrogens (tertiary/aromatic N) is 6. The van der Waals surface area contributed by atoms with Crippen molar-refractivity contribution >= 4 is 22.5 Å². The third-order valence-corrected chi connectivity index (χ3v) is 5.70. The first-order valence-electron chi connectivity index (χ1n) is 9.94. The van der Waals surface area contributed by atoms with Gasteiger partial charge in [-0.15, -0.1) is 0 Å². The summed E-state index contributed by atoms with van der Waals surface area (Å²) in [5.74, 6) is 1.34. The largest absolute Gasteiger partial charge is 0.352 e. The van der Waals surface area contributed by atoms with Crippen LogP contribution in [0.4, 0.5) is 5.82 Å². The minimum absolute atomic E-state index is 0.141. The summed E-state index contributed by atoms with van der Waals surface area (Å²) in [6.07, 6.45) is 5.85. The van der Waals surface area contributed by atoms with Crippen molar-refractivity contribution in [3.05, 3.63) is 58.4 Å². The average Bonchev–Trinajstić information content (AvgIpc) is 3.61. The van der Waals surface area contributed by atoms with Crippen LogP contribution in [-0.2, 0) is 7.05 Å². The van der Waals surface area contributed by atoms with Crippen molar-refractivity contribution in [3.63, 3.8) is 0 Å². The molecule has 5 rings (SSSR count). The van der Waals surface area contributed by atoms with Gasteiger partial charge in [-0.2, -0.15) is 5.10 Å². The zero-order valence-corrected chi connectivity index (χ0v) is 16.3. The molecular weight excluding hydrogens is 368 g/mol. The molecule has 1 saturated carbocycles. The van der Waals surface area contributed by atoms with E-state index in [-0.39, 0.29) is 11.5 Å². The number of rotatable bonds is 3. The van der Waals surface area contributed by atoms with E-state index in [0.717, 1.165) is 11.5 Å². The first-order chi connectivity index (χ1) is 14.1. The fraction of sp³-hybridized carbons (Fsp3) is 0.381. The summed E-state index contributed by atoms with van der Waals surface area (Å²) < 4.78 is 1.24. The summed E-state index contributed by atoms with van der Waals surface area (Å²) in [5, 5.41) is 5.39. The molecule has 1 aromatic carbocycles. The van der Waals surface area contributed by atoms with E-state index in [9.17, 15) is 9.59 Å². The topological polar surface area (TPSA) is 84.2 Å². The van der Waals surface area contributed by atoms with Crippen LogP contribution < -0.4 is 10.5 Å². The van der Waals surface area contributed by atoms with Crippen LogP contribution in [0, 0.1) is 0 Å². The average molecular weight is 390 g/mol. The van der Waals surface area contributed by atoms with E-state index >= 15 is 0 Å². The van der Waals surface area contributed by atoms with Gasteiger partial charge in [-0.3, -0.25) is 14.6 Å². The molecule has 0 bridgehead atoms. The van der Waals surface area contributed by atoms with Gasteiger partial charge in [0, 0.05) is 56.9 Å². The highest BCUT2D eigenvalue weighted by Gasteiger charge is 2.32. The first-order valence-corrected chi connectivity index (χ1v) is 9.94. The van der Waals surface area contributed by atoms with Crippen molar-refractivity contribution < 1.29 is 4.79 Å². The van der Waals surface area contributed by atoms with E-state index in [2.05, 4.69) is 20.0 Å². The predicted molar refractivity (Wildman–Crippen MR) is 109 cm³/mol. The number of amides is 1.